The standard InChI is InChI=1S/C12H18INO/c1-9(2)12(3,15)8-14-11-7-5-4-6-10(11)13/h4-7,9,14-15H,8H2,1-3H3. The van der Waals surface area contributed by atoms with E-state index in [0.29, 0.717) is 6.54 Å². The van der Waals surface area contributed by atoms with Crippen molar-refractivity contribution in [2.75, 3.05) is 11.9 Å². The summed E-state index contributed by atoms with van der Waals surface area (Å²) >= 11 is 2.29. The molecule has 0 aromatic heterocycles. The molecule has 1 aromatic carbocycles. The van der Waals surface area contributed by atoms with Crippen LogP contribution in [0, 0.1) is 9.49 Å². The van der Waals surface area contributed by atoms with Crippen molar-refractivity contribution in [3.63, 3.8) is 0 Å². The second-order valence-electron chi connectivity index (χ2n) is 4.35. The van der Waals surface area contributed by atoms with Gasteiger partial charge in [-0.3, -0.25) is 0 Å². The maximum Gasteiger partial charge on any atom is 0.0813 e. The summed E-state index contributed by atoms with van der Waals surface area (Å²) in [7, 11) is 0. The molecule has 0 aliphatic heterocycles. The van der Waals surface area contributed by atoms with E-state index in [4.69, 9.17) is 0 Å². The molecule has 3 heteroatoms. The van der Waals surface area contributed by atoms with E-state index >= 15 is 0 Å². The Hall–Kier alpha value is -0.290. The van der Waals surface area contributed by atoms with Gasteiger partial charge in [0.15, 0.2) is 0 Å². The van der Waals surface area contributed by atoms with E-state index in [0.717, 1.165) is 5.69 Å². The van der Waals surface area contributed by atoms with E-state index in [1.54, 1.807) is 0 Å². The van der Waals surface area contributed by atoms with Crippen LogP contribution in [-0.4, -0.2) is 17.3 Å². The third-order valence-corrected chi connectivity index (χ3v) is 3.70. The summed E-state index contributed by atoms with van der Waals surface area (Å²) in [6, 6.07) is 8.08. The van der Waals surface area contributed by atoms with E-state index in [1.165, 1.54) is 3.57 Å². The van der Waals surface area contributed by atoms with Crippen molar-refractivity contribution in [3.05, 3.63) is 27.8 Å². The largest absolute Gasteiger partial charge is 0.388 e. The molecular weight excluding hydrogens is 301 g/mol. The Morgan fingerprint density at radius 3 is 2.53 bits per heavy atom. The van der Waals surface area contributed by atoms with Gasteiger partial charge in [-0.05, 0) is 47.6 Å². The first-order valence-corrected chi connectivity index (χ1v) is 6.22. The van der Waals surface area contributed by atoms with Gasteiger partial charge in [0.05, 0.1) is 5.60 Å². The lowest BCUT2D eigenvalue weighted by molar-refractivity contribution is 0.0266. The van der Waals surface area contributed by atoms with Crippen molar-refractivity contribution < 1.29 is 5.11 Å². The van der Waals surface area contributed by atoms with Gasteiger partial charge < -0.3 is 10.4 Å². The minimum atomic E-state index is -0.668. The average molecular weight is 319 g/mol. The van der Waals surface area contributed by atoms with Gasteiger partial charge in [0.25, 0.3) is 0 Å². The first kappa shape index (κ1) is 12.8. The smallest absolute Gasteiger partial charge is 0.0813 e. The predicted octanol–water partition coefficient (Wildman–Crippen LogP) is 3.11. The van der Waals surface area contributed by atoms with Gasteiger partial charge in [-0.2, -0.15) is 0 Å². The molecule has 2 nitrogen and oxygen atoms in total. The zero-order valence-corrected chi connectivity index (χ0v) is 11.6. The summed E-state index contributed by atoms with van der Waals surface area (Å²) in [6.07, 6.45) is 0. The Bertz CT molecular complexity index is 323. The molecule has 0 spiro atoms. The van der Waals surface area contributed by atoms with E-state index in [-0.39, 0.29) is 5.92 Å². The van der Waals surface area contributed by atoms with Crippen molar-refractivity contribution in [1.29, 1.82) is 0 Å². The van der Waals surface area contributed by atoms with Gasteiger partial charge in [0.1, 0.15) is 0 Å². The van der Waals surface area contributed by atoms with Crippen LogP contribution in [0.5, 0.6) is 0 Å². The first-order valence-electron chi connectivity index (χ1n) is 5.14. The summed E-state index contributed by atoms with van der Waals surface area (Å²) in [6.45, 7) is 6.49. The number of para-hydroxylation sites is 1. The maximum absolute atomic E-state index is 10.1. The fraction of sp³-hybridized carbons (Fsp3) is 0.500. The summed E-state index contributed by atoms with van der Waals surface area (Å²) in [5.41, 5.74) is 0.415. The Morgan fingerprint density at radius 1 is 1.40 bits per heavy atom. The fourth-order valence-electron chi connectivity index (χ4n) is 1.08. The molecular formula is C12H18INO. The number of hydrogen-bond donors (Lipinski definition) is 2. The number of aliphatic hydroxyl groups is 1. The molecule has 0 radical (unpaired) electrons. The number of hydrogen-bond acceptors (Lipinski definition) is 2. The molecule has 1 aromatic rings. The quantitative estimate of drug-likeness (QED) is 0.836. The Labute approximate surface area is 105 Å². The van der Waals surface area contributed by atoms with Crippen molar-refractivity contribution in [2.45, 2.75) is 26.4 Å². The second-order valence-corrected chi connectivity index (χ2v) is 5.51. The fourth-order valence-corrected chi connectivity index (χ4v) is 1.66. The third-order valence-electron chi connectivity index (χ3n) is 2.75. The molecule has 1 rings (SSSR count). The average Bonchev–Trinajstić information content (AvgIpc) is 2.16. The monoisotopic (exact) mass is 319 g/mol. The number of halogens is 1. The van der Waals surface area contributed by atoms with Crippen molar-refractivity contribution in [2.24, 2.45) is 5.92 Å². The SMILES string of the molecule is CC(C)C(C)(O)CNc1ccccc1I. The van der Waals surface area contributed by atoms with Crippen LogP contribution in [0.2, 0.25) is 0 Å². The summed E-state index contributed by atoms with van der Waals surface area (Å²) < 4.78 is 1.18. The molecule has 0 aliphatic rings. The van der Waals surface area contributed by atoms with Gasteiger partial charge in [0, 0.05) is 15.8 Å². The van der Waals surface area contributed by atoms with Crippen molar-refractivity contribution in [1.82, 2.24) is 0 Å². The van der Waals surface area contributed by atoms with Crippen LogP contribution in [-0.2, 0) is 0 Å². The molecule has 0 amide bonds. The van der Waals surface area contributed by atoms with Gasteiger partial charge in [-0.15, -0.1) is 0 Å². The lowest BCUT2D eigenvalue weighted by Crippen LogP contribution is -2.38. The van der Waals surface area contributed by atoms with Gasteiger partial charge in [-0.1, -0.05) is 26.0 Å². The molecule has 2 N–H and O–H groups in total. The van der Waals surface area contributed by atoms with E-state index < -0.39 is 5.60 Å². The highest BCUT2D eigenvalue weighted by atomic mass is 127. The van der Waals surface area contributed by atoms with Crippen LogP contribution in [0.15, 0.2) is 24.3 Å². The lowest BCUT2D eigenvalue weighted by atomic mass is 9.92. The Morgan fingerprint density at radius 2 is 2.00 bits per heavy atom. The van der Waals surface area contributed by atoms with Crippen LogP contribution >= 0.6 is 22.6 Å². The molecule has 0 aliphatic carbocycles. The lowest BCUT2D eigenvalue weighted by Gasteiger charge is -2.28. The van der Waals surface area contributed by atoms with E-state index in [1.807, 2.05) is 45.0 Å². The van der Waals surface area contributed by atoms with Crippen molar-refractivity contribution >= 4 is 28.3 Å². The molecule has 0 fully saturated rings. The highest BCUT2D eigenvalue weighted by Crippen LogP contribution is 2.20. The number of nitrogens with one attached hydrogen (secondary N) is 1. The van der Waals surface area contributed by atoms with Crippen LogP contribution in [0.3, 0.4) is 0 Å². The molecule has 15 heavy (non-hydrogen) atoms. The molecule has 1 unspecified atom stereocenters. The summed E-state index contributed by atoms with van der Waals surface area (Å²) in [4.78, 5) is 0. The van der Waals surface area contributed by atoms with Crippen LogP contribution < -0.4 is 5.32 Å². The number of anilines is 1. The predicted molar refractivity (Wildman–Crippen MR) is 73.1 cm³/mol. The summed E-state index contributed by atoms with van der Waals surface area (Å²) in [5, 5.41) is 13.4. The topological polar surface area (TPSA) is 32.3 Å². The van der Waals surface area contributed by atoms with E-state index in [2.05, 4.69) is 27.9 Å². The third kappa shape index (κ3) is 3.65. The second kappa shape index (κ2) is 5.16. The van der Waals surface area contributed by atoms with E-state index in [9.17, 15) is 5.11 Å². The summed E-state index contributed by atoms with van der Waals surface area (Å²) in [5.74, 6) is 0.242. The van der Waals surface area contributed by atoms with Gasteiger partial charge >= 0.3 is 0 Å². The first-order chi connectivity index (χ1) is 6.93. The minimum Gasteiger partial charge on any atom is -0.388 e. The number of benzene rings is 1. The Balaban J connectivity index is 2.62. The molecule has 0 saturated heterocycles. The zero-order valence-electron chi connectivity index (χ0n) is 9.42. The number of rotatable bonds is 4. The highest BCUT2D eigenvalue weighted by Gasteiger charge is 2.24. The van der Waals surface area contributed by atoms with Gasteiger partial charge in [-0.25, -0.2) is 0 Å². The van der Waals surface area contributed by atoms with Crippen LogP contribution in [0.25, 0.3) is 0 Å². The minimum absolute atomic E-state index is 0.242. The van der Waals surface area contributed by atoms with Gasteiger partial charge in [0.2, 0.25) is 0 Å². The highest BCUT2D eigenvalue weighted by molar-refractivity contribution is 14.1. The molecule has 0 saturated carbocycles. The zero-order chi connectivity index (χ0) is 11.5. The maximum atomic E-state index is 10.1. The van der Waals surface area contributed by atoms with Crippen LogP contribution in [0.4, 0.5) is 5.69 Å². The molecule has 0 heterocycles. The molecule has 1 atom stereocenters. The normalized spacial score (nSPS) is 15.1. The Kier molecular flexibility index (Phi) is 4.40. The molecule has 0 bridgehead atoms. The van der Waals surface area contributed by atoms with Crippen LogP contribution in [0.1, 0.15) is 20.8 Å². The molecule has 84 valence electrons. The van der Waals surface area contributed by atoms with Crippen molar-refractivity contribution in [3.8, 4) is 0 Å².